The highest BCUT2D eigenvalue weighted by Gasteiger charge is 2.14. The number of ether oxygens (including phenoxy) is 1. The molecular formula is C14H20N2OS2. The Balaban J connectivity index is 2.37. The first-order valence-electron chi connectivity index (χ1n) is 6.48. The maximum Gasteiger partial charge on any atom is 0.128 e. The summed E-state index contributed by atoms with van der Waals surface area (Å²) in [7, 11) is 1.73. The maximum absolute atomic E-state index is 5.12. The number of hydrogen-bond acceptors (Lipinski definition) is 5. The highest BCUT2D eigenvalue weighted by atomic mass is 32.2. The second-order valence-corrected chi connectivity index (χ2v) is 6.90. The zero-order valence-corrected chi connectivity index (χ0v) is 13.5. The van der Waals surface area contributed by atoms with E-state index in [0.717, 1.165) is 34.5 Å². The van der Waals surface area contributed by atoms with Crippen LogP contribution < -0.4 is 0 Å². The molecule has 0 spiro atoms. The van der Waals surface area contributed by atoms with Gasteiger partial charge in [0.1, 0.15) is 15.7 Å². The Kier molecular flexibility index (Phi) is 5.19. The van der Waals surface area contributed by atoms with Crippen molar-refractivity contribution >= 4 is 33.3 Å². The Labute approximate surface area is 122 Å². The fourth-order valence-electron chi connectivity index (χ4n) is 1.98. The number of hydrogen-bond donors (Lipinski definition) is 0. The van der Waals surface area contributed by atoms with Crippen molar-refractivity contribution in [2.24, 2.45) is 5.92 Å². The summed E-state index contributed by atoms with van der Waals surface area (Å²) >= 11 is 3.49. The maximum atomic E-state index is 5.12. The lowest BCUT2D eigenvalue weighted by molar-refractivity contribution is 0.218. The van der Waals surface area contributed by atoms with Crippen molar-refractivity contribution in [2.75, 3.05) is 19.5 Å². The minimum Gasteiger partial charge on any atom is -0.384 e. The molecule has 0 radical (unpaired) electrons. The van der Waals surface area contributed by atoms with Crippen molar-refractivity contribution in [1.29, 1.82) is 0 Å². The van der Waals surface area contributed by atoms with Crippen LogP contribution in [0.25, 0.3) is 10.2 Å². The van der Waals surface area contributed by atoms with E-state index >= 15 is 0 Å². The molecule has 0 aliphatic heterocycles. The van der Waals surface area contributed by atoms with Crippen LogP contribution in [0.15, 0.2) is 10.4 Å². The summed E-state index contributed by atoms with van der Waals surface area (Å²) in [5.74, 6) is 2.43. The minimum atomic E-state index is 0.649. The average Bonchev–Trinajstić information content (AvgIpc) is 2.71. The van der Waals surface area contributed by atoms with E-state index in [0.29, 0.717) is 5.92 Å². The highest BCUT2D eigenvalue weighted by Crippen LogP contribution is 2.33. The van der Waals surface area contributed by atoms with Gasteiger partial charge in [-0.25, -0.2) is 9.97 Å². The molecule has 0 aliphatic rings. The summed E-state index contributed by atoms with van der Waals surface area (Å²) in [4.78, 5) is 10.3. The third-order valence-electron chi connectivity index (χ3n) is 2.74. The van der Waals surface area contributed by atoms with Crippen LogP contribution in [-0.2, 0) is 11.2 Å². The van der Waals surface area contributed by atoms with Gasteiger partial charge in [0.15, 0.2) is 0 Å². The lowest BCUT2D eigenvalue weighted by Crippen LogP contribution is -1.98. The van der Waals surface area contributed by atoms with Gasteiger partial charge in [0.05, 0.1) is 6.61 Å². The molecule has 2 rings (SSSR count). The van der Waals surface area contributed by atoms with Crippen molar-refractivity contribution in [2.45, 2.75) is 32.2 Å². The first-order chi connectivity index (χ1) is 9.11. The Morgan fingerprint density at radius 3 is 2.84 bits per heavy atom. The molecule has 3 nitrogen and oxygen atoms in total. The van der Waals surface area contributed by atoms with Gasteiger partial charge in [-0.2, -0.15) is 0 Å². The van der Waals surface area contributed by atoms with Gasteiger partial charge in [-0.1, -0.05) is 13.8 Å². The molecule has 0 saturated heterocycles. The molecule has 2 aromatic rings. The molecule has 0 amide bonds. The van der Waals surface area contributed by atoms with Crippen LogP contribution in [0.3, 0.4) is 0 Å². The first kappa shape index (κ1) is 14.8. The molecule has 2 aromatic heterocycles. The van der Waals surface area contributed by atoms with Crippen LogP contribution in [0, 0.1) is 12.8 Å². The van der Waals surface area contributed by atoms with Crippen LogP contribution in [0.2, 0.25) is 0 Å². The molecular weight excluding hydrogens is 276 g/mol. The Morgan fingerprint density at radius 2 is 2.16 bits per heavy atom. The van der Waals surface area contributed by atoms with Crippen molar-refractivity contribution < 1.29 is 4.74 Å². The third-order valence-corrected chi connectivity index (χ3v) is 4.60. The predicted molar refractivity (Wildman–Crippen MR) is 83.3 cm³/mol. The van der Waals surface area contributed by atoms with E-state index in [-0.39, 0.29) is 0 Å². The number of methoxy groups -OCH3 is 1. The monoisotopic (exact) mass is 296 g/mol. The lowest BCUT2D eigenvalue weighted by atomic mass is 10.0. The number of rotatable bonds is 6. The normalized spacial score (nSPS) is 11.6. The molecule has 19 heavy (non-hydrogen) atoms. The Hall–Kier alpha value is -0.650. The first-order valence-corrected chi connectivity index (χ1v) is 8.34. The van der Waals surface area contributed by atoms with Crippen molar-refractivity contribution in [3.63, 3.8) is 0 Å². The predicted octanol–water partition coefficient (Wildman–Crippen LogP) is 3.94. The van der Waals surface area contributed by atoms with Crippen LogP contribution in [-0.4, -0.2) is 29.4 Å². The third kappa shape index (κ3) is 3.68. The number of thioether (sulfide) groups is 1. The summed E-state index contributed by atoms with van der Waals surface area (Å²) in [6.07, 6.45) is 1.09. The van der Waals surface area contributed by atoms with Gasteiger partial charge in [-0.15, -0.1) is 23.1 Å². The van der Waals surface area contributed by atoms with Gasteiger partial charge < -0.3 is 4.74 Å². The van der Waals surface area contributed by atoms with E-state index in [1.807, 2.05) is 6.92 Å². The molecule has 0 bridgehead atoms. The largest absolute Gasteiger partial charge is 0.384 e. The van der Waals surface area contributed by atoms with Gasteiger partial charge in [-0.05, 0) is 30.2 Å². The Morgan fingerprint density at radius 1 is 1.37 bits per heavy atom. The zero-order chi connectivity index (χ0) is 13.8. The van der Waals surface area contributed by atoms with Crippen LogP contribution in [0.1, 0.15) is 25.2 Å². The molecule has 0 unspecified atom stereocenters. The second kappa shape index (κ2) is 6.68. The number of aromatic nitrogens is 2. The summed E-state index contributed by atoms with van der Waals surface area (Å²) in [6, 6.07) is 0. The number of nitrogens with zero attached hydrogens (tertiary/aromatic N) is 2. The van der Waals surface area contributed by atoms with E-state index < -0.39 is 0 Å². The van der Waals surface area contributed by atoms with Gasteiger partial charge in [-0.3, -0.25) is 0 Å². The van der Waals surface area contributed by atoms with Crippen molar-refractivity contribution in [3.8, 4) is 0 Å². The molecule has 0 atom stereocenters. The van der Waals surface area contributed by atoms with Gasteiger partial charge >= 0.3 is 0 Å². The summed E-state index contributed by atoms with van der Waals surface area (Å²) < 4.78 is 5.12. The summed E-state index contributed by atoms with van der Waals surface area (Å²) in [5, 5.41) is 4.60. The number of thiophene rings is 1. The molecule has 104 valence electrons. The molecule has 0 saturated carbocycles. The van der Waals surface area contributed by atoms with Crippen molar-refractivity contribution in [3.05, 3.63) is 16.8 Å². The minimum absolute atomic E-state index is 0.649. The summed E-state index contributed by atoms with van der Waals surface area (Å²) in [5.41, 5.74) is 1.38. The smallest absolute Gasteiger partial charge is 0.128 e. The van der Waals surface area contributed by atoms with Gasteiger partial charge in [0.25, 0.3) is 0 Å². The van der Waals surface area contributed by atoms with Gasteiger partial charge in [0, 0.05) is 18.2 Å². The van der Waals surface area contributed by atoms with E-state index in [1.54, 1.807) is 30.2 Å². The van der Waals surface area contributed by atoms with Gasteiger partial charge in [0.2, 0.25) is 0 Å². The van der Waals surface area contributed by atoms with Crippen molar-refractivity contribution in [1.82, 2.24) is 9.97 Å². The Bertz CT molecular complexity index is 552. The molecule has 0 N–H and O–H groups in total. The van der Waals surface area contributed by atoms with E-state index in [2.05, 4.69) is 29.2 Å². The molecule has 5 heteroatoms. The quantitative estimate of drug-likeness (QED) is 0.459. The standard InChI is InChI=1S/C14H20N2OS2/c1-9(2)7-11-8-19-14-12(11)13(15-10(3)16-14)18-6-5-17-4/h8-9H,5-7H2,1-4H3. The van der Waals surface area contributed by atoms with E-state index in [9.17, 15) is 0 Å². The highest BCUT2D eigenvalue weighted by molar-refractivity contribution is 7.99. The van der Waals surface area contributed by atoms with Crippen LogP contribution in [0.5, 0.6) is 0 Å². The second-order valence-electron chi connectivity index (χ2n) is 4.96. The topological polar surface area (TPSA) is 35.0 Å². The van der Waals surface area contributed by atoms with Crippen LogP contribution >= 0.6 is 23.1 Å². The fourth-order valence-corrected chi connectivity index (χ4v) is 4.06. The van der Waals surface area contributed by atoms with E-state index in [1.165, 1.54) is 10.9 Å². The SMILES string of the molecule is COCCSc1nc(C)nc2scc(CC(C)C)c12. The molecule has 0 fully saturated rings. The molecule has 0 aliphatic carbocycles. The average molecular weight is 296 g/mol. The summed E-state index contributed by atoms with van der Waals surface area (Å²) in [6.45, 7) is 7.20. The fraction of sp³-hybridized carbons (Fsp3) is 0.571. The van der Waals surface area contributed by atoms with Crippen LogP contribution in [0.4, 0.5) is 0 Å². The molecule has 0 aromatic carbocycles. The van der Waals surface area contributed by atoms with E-state index in [4.69, 9.17) is 4.74 Å². The molecule has 2 heterocycles. The number of fused-ring (bicyclic) bond motifs is 1. The lowest BCUT2D eigenvalue weighted by Gasteiger charge is -2.07. The number of aryl methyl sites for hydroxylation is 1. The zero-order valence-electron chi connectivity index (χ0n) is 11.9.